The quantitative estimate of drug-likeness (QED) is 0.698. The molecule has 2 heterocycles. The molecule has 3 N–H and O–H groups in total. The first-order valence-corrected chi connectivity index (χ1v) is 9.71. The minimum absolute atomic E-state index is 0.0866. The number of fused-ring (bicyclic) bond motifs is 1. The number of nitrogens with zero attached hydrogens (tertiary/aromatic N) is 1. The number of nitrogens with one attached hydrogen (secondary N) is 2. The molecule has 0 aromatic heterocycles. The molecule has 1 fully saturated rings. The zero-order valence-electron chi connectivity index (χ0n) is 16.1. The van der Waals surface area contributed by atoms with Crippen molar-refractivity contribution in [3.05, 3.63) is 42.5 Å². The monoisotopic (exact) mass is 421 g/mol. The molecule has 0 bridgehead atoms. The Morgan fingerprint density at radius 3 is 2.40 bits per heavy atom. The molecular weight excluding hydrogens is 399 g/mol. The topological polar surface area (TPSA) is 73.8 Å². The van der Waals surface area contributed by atoms with Crippen LogP contribution in [0.1, 0.15) is 19.3 Å². The Balaban J connectivity index is 1.40. The van der Waals surface area contributed by atoms with E-state index in [9.17, 15) is 23.1 Å². The minimum atomic E-state index is -4.60. The average molecular weight is 421 g/mol. The number of carbonyl (C=O) groups is 1. The van der Waals surface area contributed by atoms with E-state index in [2.05, 4.69) is 10.6 Å². The summed E-state index contributed by atoms with van der Waals surface area (Å²) in [7, 11) is 0. The summed E-state index contributed by atoms with van der Waals surface area (Å²) in [6.07, 6.45) is -4.99. The third-order valence-corrected chi connectivity index (χ3v) is 5.48. The van der Waals surface area contributed by atoms with Crippen LogP contribution >= 0.6 is 0 Å². The first-order chi connectivity index (χ1) is 14.2. The van der Waals surface area contributed by atoms with Gasteiger partial charge in [0.1, 0.15) is 5.75 Å². The molecule has 9 heteroatoms. The third kappa shape index (κ3) is 4.16. The number of rotatable bonds is 3. The molecule has 0 aliphatic carbocycles. The fraction of sp³-hybridized carbons (Fsp3) is 0.381. The summed E-state index contributed by atoms with van der Waals surface area (Å²) >= 11 is 0. The van der Waals surface area contributed by atoms with E-state index < -0.39 is 11.8 Å². The normalized spacial score (nSPS) is 18.7. The van der Waals surface area contributed by atoms with Crippen LogP contribution in [0.25, 0.3) is 0 Å². The molecule has 1 saturated heterocycles. The lowest BCUT2D eigenvalue weighted by Gasteiger charge is -2.40. The van der Waals surface area contributed by atoms with E-state index in [-0.39, 0.29) is 31.8 Å². The first-order valence-electron chi connectivity index (χ1n) is 9.71. The molecule has 2 aliphatic heterocycles. The predicted molar refractivity (Wildman–Crippen MR) is 107 cm³/mol. The van der Waals surface area contributed by atoms with Crippen molar-refractivity contribution in [2.75, 3.05) is 35.2 Å². The van der Waals surface area contributed by atoms with Crippen LogP contribution in [-0.4, -0.2) is 42.5 Å². The van der Waals surface area contributed by atoms with Crippen LogP contribution in [0, 0.1) is 0 Å². The Morgan fingerprint density at radius 1 is 1.07 bits per heavy atom. The highest BCUT2D eigenvalue weighted by Gasteiger charge is 2.54. The number of piperidine rings is 1. The Morgan fingerprint density at radius 2 is 1.73 bits per heavy atom. The van der Waals surface area contributed by atoms with E-state index in [1.165, 1.54) is 0 Å². The van der Waals surface area contributed by atoms with Gasteiger partial charge < -0.3 is 25.4 Å². The standard InChI is InChI=1S/C21H22F3N3O3/c22-21(23,24)20(29)8-10-27(11-9-20)16-4-1-14(2-5-16)25-15-3-6-17-18(13-15)30-12-7-19(28)26-17/h1-6,13,25,29H,7-12H2,(H,26,28). The van der Waals surface area contributed by atoms with Gasteiger partial charge in [0.05, 0.1) is 18.7 Å². The van der Waals surface area contributed by atoms with Crippen molar-refractivity contribution >= 4 is 28.7 Å². The molecule has 0 unspecified atom stereocenters. The molecule has 2 aromatic rings. The van der Waals surface area contributed by atoms with Crippen molar-refractivity contribution in [3.63, 3.8) is 0 Å². The number of carbonyl (C=O) groups excluding carboxylic acids is 1. The number of hydrogen-bond acceptors (Lipinski definition) is 5. The lowest BCUT2D eigenvalue weighted by atomic mass is 9.90. The maximum atomic E-state index is 13.0. The van der Waals surface area contributed by atoms with E-state index in [1.807, 2.05) is 35.2 Å². The Labute approximate surface area is 171 Å². The number of amides is 1. The Hall–Kier alpha value is -2.94. The minimum Gasteiger partial charge on any atom is -0.491 e. The van der Waals surface area contributed by atoms with Gasteiger partial charge in [-0.15, -0.1) is 0 Å². The maximum Gasteiger partial charge on any atom is 0.417 e. The van der Waals surface area contributed by atoms with E-state index in [0.29, 0.717) is 24.5 Å². The molecule has 0 spiro atoms. The smallest absolute Gasteiger partial charge is 0.417 e. The number of ether oxygens (including phenoxy) is 1. The SMILES string of the molecule is O=C1CCOc2cc(Nc3ccc(N4CCC(O)(C(F)(F)F)CC4)cc3)ccc2N1. The molecule has 1 amide bonds. The second-order valence-corrected chi connectivity index (χ2v) is 7.55. The van der Waals surface area contributed by atoms with E-state index in [0.717, 1.165) is 17.1 Å². The van der Waals surface area contributed by atoms with Gasteiger partial charge >= 0.3 is 6.18 Å². The molecule has 0 saturated carbocycles. The van der Waals surface area contributed by atoms with E-state index in [4.69, 9.17) is 4.74 Å². The highest BCUT2D eigenvalue weighted by molar-refractivity contribution is 5.93. The van der Waals surface area contributed by atoms with Crippen LogP contribution in [0.3, 0.4) is 0 Å². The Bertz CT molecular complexity index is 923. The fourth-order valence-electron chi connectivity index (χ4n) is 3.63. The summed E-state index contributed by atoms with van der Waals surface area (Å²) in [4.78, 5) is 13.4. The second kappa shape index (κ2) is 7.71. The van der Waals surface area contributed by atoms with Crippen molar-refractivity contribution < 1.29 is 27.8 Å². The molecule has 0 atom stereocenters. The first kappa shape index (κ1) is 20.3. The van der Waals surface area contributed by atoms with Crippen molar-refractivity contribution in [3.8, 4) is 5.75 Å². The molecule has 2 aliphatic rings. The van der Waals surface area contributed by atoms with Crippen molar-refractivity contribution in [1.82, 2.24) is 0 Å². The van der Waals surface area contributed by atoms with Gasteiger partial charge in [0.2, 0.25) is 5.91 Å². The average Bonchev–Trinajstić information content (AvgIpc) is 2.89. The number of halogens is 3. The summed E-state index contributed by atoms with van der Waals surface area (Å²) in [6, 6.07) is 12.7. The molecule has 2 aromatic carbocycles. The molecule has 4 rings (SSSR count). The largest absolute Gasteiger partial charge is 0.491 e. The van der Waals surface area contributed by atoms with Gasteiger partial charge in [0.25, 0.3) is 0 Å². The van der Waals surface area contributed by atoms with Gasteiger partial charge in [0, 0.05) is 49.1 Å². The number of anilines is 4. The zero-order chi connectivity index (χ0) is 21.4. The Kier molecular flexibility index (Phi) is 5.23. The van der Waals surface area contributed by atoms with Crippen LogP contribution in [0.2, 0.25) is 0 Å². The fourth-order valence-corrected chi connectivity index (χ4v) is 3.63. The third-order valence-electron chi connectivity index (χ3n) is 5.48. The van der Waals surface area contributed by atoms with Crippen molar-refractivity contribution in [1.29, 1.82) is 0 Å². The maximum absolute atomic E-state index is 13.0. The van der Waals surface area contributed by atoms with Crippen LogP contribution in [0.15, 0.2) is 42.5 Å². The second-order valence-electron chi connectivity index (χ2n) is 7.55. The summed E-state index contributed by atoms with van der Waals surface area (Å²) in [6.45, 7) is 0.587. The van der Waals surface area contributed by atoms with Crippen molar-refractivity contribution in [2.24, 2.45) is 0 Å². The highest BCUT2D eigenvalue weighted by Crippen LogP contribution is 2.39. The molecule has 0 radical (unpaired) electrons. The van der Waals surface area contributed by atoms with Gasteiger partial charge in [-0.05, 0) is 36.4 Å². The van der Waals surface area contributed by atoms with Crippen LogP contribution < -0.4 is 20.3 Å². The number of aliphatic hydroxyl groups is 1. The molecule has 30 heavy (non-hydrogen) atoms. The number of benzene rings is 2. The van der Waals surface area contributed by atoms with Crippen molar-refractivity contribution in [2.45, 2.75) is 31.0 Å². The van der Waals surface area contributed by atoms with E-state index >= 15 is 0 Å². The number of hydrogen-bond donors (Lipinski definition) is 3. The number of alkyl halides is 3. The lowest BCUT2D eigenvalue weighted by molar-refractivity contribution is -0.266. The van der Waals surface area contributed by atoms with Crippen LogP contribution in [-0.2, 0) is 4.79 Å². The summed E-state index contributed by atoms with van der Waals surface area (Å²) in [5.74, 6) is 0.504. The van der Waals surface area contributed by atoms with Gasteiger partial charge in [-0.25, -0.2) is 0 Å². The van der Waals surface area contributed by atoms with Gasteiger partial charge in [-0.1, -0.05) is 0 Å². The summed E-state index contributed by atoms with van der Waals surface area (Å²) < 4.78 is 44.5. The molecule has 160 valence electrons. The van der Waals surface area contributed by atoms with Gasteiger partial charge in [0.15, 0.2) is 5.60 Å². The van der Waals surface area contributed by atoms with Gasteiger partial charge in [-0.2, -0.15) is 13.2 Å². The van der Waals surface area contributed by atoms with Crippen LogP contribution in [0.5, 0.6) is 5.75 Å². The van der Waals surface area contributed by atoms with Gasteiger partial charge in [-0.3, -0.25) is 4.79 Å². The summed E-state index contributed by atoms with van der Waals surface area (Å²) in [5.41, 5.74) is 0.420. The predicted octanol–water partition coefficient (Wildman–Crippen LogP) is 4.04. The lowest BCUT2D eigenvalue weighted by Crippen LogP contribution is -2.53. The summed E-state index contributed by atoms with van der Waals surface area (Å²) in [5, 5.41) is 15.8. The van der Waals surface area contributed by atoms with E-state index in [1.54, 1.807) is 12.1 Å². The molecular formula is C21H22F3N3O3. The zero-order valence-corrected chi connectivity index (χ0v) is 16.1. The molecule has 6 nitrogen and oxygen atoms in total. The highest BCUT2D eigenvalue weighted by atomic mass is 19.4. The van der Waals surface area contributed by atoms with Crippen LogP contribution in [0.4, 0.5) is 35.9 Å².